The molecular weight excluding hydrogens is 268 g/mol. The molecule has 0 aromatic heterocycles. The maximum Gasteiger partial charge on any atom is 0.338 e. The summed E-state index contributed by atoms with van der Waals surface area (Å²) >= 11 is 0. The van der Waals surface area contributed by atoms with Crippen molar-refractivity contribution in [2.24, 2.45) is 0 Å². The number of hydrogen-bond donors (Lipinski definition) is 1. The molecule has 0 atom stereocenters. The molecule has 1 amide bonds. The van der Waals surface area contributed by atoms with E-state index in [4.69, 9.17) is 4.74 Å². The van der Waals surface area contributed by atoms with Crippen LogP contribution in [0.2, 0.25) is 0 Å². The highest BCUT2D eigenvalue weighted by atomic mass is 16.5. The molecule has 1 fully saturated rings. The van der Waals surface area contributed by atoms with Crippen LogP contribution in [0.15, 0.2) is 24.3 Å². The molecule has 1 aromatic rings. The predicted octanol–water partition coefficient (Wildman–Crippen LogP) is 2.29. The van der Waals surface area contributed by atoms with Crippen molar-refractivity contribution in [3.05, 3.63) is 29.8 Å². The highest BCUT2D eigenvalue weighted by molar-refractivity contribution is 5.91. The van der Waals surface area contributed by atoms with E-state index in [1.165, 1.54) is 0 Å². The minimum absolute atomic E-state index is 0.0997. The van der Waals surface area contributed by atoms with E-state index < -0.39 is 0 Å². The number of anilines is 1. The molecule has 1 N–H and O–H groups in total. The van der Waals surface area contributed by atoms with Gasteiger partial charge in [-0.2, -0.15) is 0 Å². The van der Waals surface area contributed by atoms with Gasteiger partial charge in [-0.05, 0) is 44.9 Å². The Morgan fingerprint density at radius 2 is 2.00 bits per heavy atom. The topological polar surface area (TPSA) is 58.6 Å². The molecule has 2 rings (SSSR count). The van der Waals surface area contributed by atoms with Crippen LogP contribution in [0.25, 0.3) is 0 Å². The van der Waals surface area contributed by atoms with Crippen LogP contribution in [-0.4, -0.2) is 42.5 Å². The van der Waals surface area contributed by atoms with Gasteiger partial charge >= 0.3 is 5.97 Å². The van der Waals surface area contributed by atoms with Gasteiger partial charge in [-0.15, -0.1) is 0 Å². The van der Waals surface area contributed by atoms with Crippen molar-refractivity contribution >= 4 is 17.6 Å². The van der Waals surface area contributed by atoms with Crippen LogP contribution in [0.5, 0.6) is 0 Å². The van der Waals surface area contributed by atoms with Gasteiger partial charge < -0.3 is 15.0 Å². The van der Waals surface area contributed by atoms with Crippen LogP contribution in [0.4, 0.5) is 5.69 Å². The monoisotopic (exact) mass is 290 g/mol. The first-order valence-corrected chi connectivity index (χ1v) is 7.39. The molecule has 1 aliphatic rings. The first-order valence-electron chi connectivity index (χ1n) is 7.39. The van der Waals surface area contributed by atoms with Crippen LogP contribution in [0, 0.1) is 0 Å². The first-order chi connectivity index (χ1) is 10.1. The molecule has 1 aromatic carbocycles. The molecule has 0 radical (unpaired) electrons. The van der Waals surface area contributed by atoms with Gasteiger partial charge in [0.15, 0.2) is 0 Å². The van der Waals surface area contributed by atoms with Crippen molar-refractivity contribution in [1.82, 2.24) is 4.90 Å². The third kappa shape index (κ3) is 4.48. The Morgan fingerprint density at radius 1 is 1.29 bits per heavy atom. The number of nitrogens with zero attached hydrogens (tertiary/aromatic N) is 1. The lowest BCUT2D eigenvalue weighted by atomic mass is 10.2. The maximum atomic E-state index is 12.0. The number of benzene rings is 1. The van der Waals surface area contributed by atoms with E-state index in [2.05, 4.69) is 5.32 Å². The van der Waals surface area contributed by atoms with Gasteiger partial charge in [0.1, 0.15) is 0 Å². The summed E-state index contributed by atoms with van der Waals surface area (Å²) in [6, 6.07) is 7.03. The van der Waals surface area contributed by atoms with Crippen molar-refractivity contribution in [3.63, 3.8) is 0 Å². The molecule has 1 aliphatic heterocycles. The Bertz CT molecular complexity index is 508. The van der Waals surface area contributed by atoms with E-state index in [1.54, 1.807) is 18.2 Å². The zero-order chi connectivity index (χ0) is 15.2. The molecular formula is C16H22N2O3. The molecule has 114 valence electrons. The van der Waals surface area contributed by atoms with Crippen LogP contribution in [0.1, 0.15) is 37.0 Å². The number of carbonyl (C=O) groups excluding carboxylic acids is 2. The number of likely N-dealkylation sites (tertiary alicyclic amines) is 1. The zero-order valence-electron chi connectivity index (χ0n) is 12.6. The van der Waals surface area contributed by atoms with Crippen LogP contribution in [0.3, 0.4) is 0 Å². The molecule has 21 heavy (non-hydrogen) atoms. The standard InChI is InChI=1S/C16H22N2O3/c1-12(2)21-16(20)13-6-5-7-14(10-13)17-11-15(19)18-8-3-4-9-18/h5-7,10,12,17H,3-4,8-9,11H2,1-2H3. The molecule has 5 heteroatoms. The van der Waals surface area contributed by atoms with Crippen LogP contribution in [-0.2, 0) is 9.53 Å². The number of rotatable bonds is 5. The van der Waals surface area contributed by atoms with Crippen molar-refractivity contribution in [1.29, 1.82) is 0 Å². The van der Waals surface area contributed by atoms with Gasteiger partial charge in [-0.1, -0.05) is 6.07 Å². The summed E-state index contributed by atoms with van der Waals surface area (Å²) in [7, 11) is 0. The van der Waals surface area contributed by atoms with Gasteiger partial charge in [0.05, 0.1) is 18.2 Å². The normalized spacial score (nSPS) is 14.3. The highest BCUT2D eigenvalue weighted by Crippen LogP contribution is 2.13. The number of carbonyl (C=O) groups is 2. The number of hydrogen-bond acceptors (Lipinski definition) is 4. The van der Waals surface area contributed by atoms with E-state index in [-0.39, 0.29) is 24.5 Å². The molecule has 0 bridgehead atoms. The number of ether oxygens (including phenoxy) is 1. The Balaban J connectivity index is 1.91. The second-order valence-electron chi connectivity index (χ2n) is 5.48. The van der Waals surface area contributed by atoms with Gasteiger partial charge in [0, 0.05) is 18.8 Å². The predicted molar refractivity (Wildman–Crippen MR) is 81.3 cm³/mol. The first kappa shape index (κ1) is 15.4. The van der Waals surface area contributed by atoms with Crippen molar-refractivity contribution in [2.45, 2.75) is 32.8 Å². The van der Waals surface area contributed by atoms with E-state index in [1.807, 2.05) is 24.8 Å². The largest absolute Gasteiger partial charge is 0.459 e. The Kier molecular flexibility index (Phi) is 5.20. The Labute approximate surface area is 125 Å². The number of amides is 1. The molecule has 0 spiro atoms. The van der Waals surface area contributed by atoms with E-state index >= 15 is 0 Å². The lowest BCUT2D eigenvalue weighted by Crippen LogP contribution is -2.33. The van der Waals surface area contributed by atoms with Crippen LogP contribution < -0.4 is 5.32 Å². The summed E-state index contributed by atoms with van der Waals surface area (Å²) < 4.78 is 5.16. The third-order valence-corrected chi connectivity index (χ3v) is 3.34. The molecule has 1 saturated heterocycles. The number of nitrogens with one attached hydrogen (secondary N) is 1. The van der Waals surface area contributed by atoms with Gasteiger partial charge in [-0.3, -0.25) is 4.79 Å². The number of esters is 1. The van der Waals surface area contributed by atoms with E-state index in [0.29, 0.717) is 5.56 Å². The average molecular weight is 290 g/mol. The quantitative estimate of drug-likeness (QED) is 0.845. The van der Waals surface area contributed by atoms with Crippen molar-refractivity contribution < 1.29 is 14.3 Å². The Morgan fingerprint density at radius 3 is 2.67 bits per heavy atom. The summed E-state index contributed by atoms with van der Waals surface area (Å²) in [4.78, 5) is 25.6. The lowest BCUT2D eigenvalue weighted by molar-refractivity contribution is -0.128. The lowest BCUT2D eigenvalue weighted by Gasteiger charge is -2.16. The summed E-state index contributed by atoms with van der Waals surface area (Å²) in [6.07, 6.45) is 2.02. The molecule has 0 unspecified atom stereocenters. The maximum absolute atomic E-state index is 12.0. The Hall–Kier alpha value is -2.04. The molecule has 5 nitrogen and oxygen atoms in total. The second-order valence-corrected chi connectivity index (χ2v) is 5.48. The zero-order valence-corrected chi connectivity index (χ0v) is 12.6. The summed E-state index contributed by atoms with van der Waals surface area (Å²) in [5, 5.41) is 3.07. The van der Waals surface area contributed by atoms with E-state index in [0.717, 1.165) is 31.6 Å². The summed E-state index contributed by atoms with van der Waals surface area (Å²) in [6.45, 7) is 5.58. The summed E-state index contributed by atoms with van der Waals surface area (Å²) in [5.74, 6) is -0.248. The van der Waals surface area contributed by atoms with Crippen molar-refractivity contribution in [3.8, 4) is 0 Å². The third-order valence-electron chi connectivity index (χ3n) is 3.34. The fraction of sp³-hybridized carbons (Fsp3) is 0.500. The second kappa shape index (κ2) is 7.11. The van der Waals surface area contributed by atoms with Gasteiger partial charge in [-0.25, -0.2) is 4.79 Å². The van der Waals surface area contributed by atoms with Gasteiger partial charge in [0.2, 0.25) is 5.91 Å². The fourth-order valence-electron chi connectivity index (χ4n) is 2.29. The van der Waals surface area contributed by atoms with Crippen LogP contribution >= 0.6 is 0 Å². The molecule has 0 aliphatic carbocycles. The minimum atomic E-state index is -0.348. The van der Waals surface area contributed by atoms with Gasteiger partial charge in [0.25, 0.3) is 0 Å². The van der Waals surface area contributed by atoms with Crippen molar-refractivity contribution in [2.75, 3.05) is 25.0 Å². The smallest absolute Gasteiger partial charge is 0.338 e. The fourth-order valence-corrected chi connectivity index (χ4v) is 2.29. The average Bonchev–Trinajstić information content (AvgIpc) is 2.98. The highest BCUT2D eigenvalue weighted by Gasteiger charge is 2.17. The van der Waals surface area contributed by atoms with E-state index in [9.17, 15) is 9.59 Å². The summed E-state index contributed by atoms with van der Waals surface area (Å²) in [5.41, 5.74) is 1.24. The minimum Gasteiger partial charge on any atom is -0.459 e. The SMILES string of the molecule is CC(C)OC(=O)c1cccc(NCC(=O)N2CCCC2)c1. The molecule has 1 heterocycles. The molecule has 0 saturated carbocycles.